The number of nitrogens with two attached hydrogens (primary N) is 2. The van der Waals surface area contributed by atoms with E-state index in [1.54, 1.807) is 11.8 Å². The van der Waals surface area contributed by atoms with Gasteiger partial charge in [0, 0.05) is 35.1 Å². The van der Waals surface area contributed by atoms with E-state index in [2.05, 4.69) is 54.6 Å². The molecule has 0 aliphatic heterocycles. The average Bonchev–Trinajstić information content (AvgIpc) is 3.22. The van der Waals surface area contributed by atoms with Gasteiger partial charge in [0.1, 0.15) is 5.75 Å². The molecule has 4 N–H and O–H groups in total. The SMILES string of the molecule is NCC(N)(OCCSCCOCCSCCOc1ccccc1C1=Cc2ccccc2CCC1)c1ccccc1. The van der Waals surface area contributed by atoms with Gasteiger partial charge in [-0.05, 0) is 47.6 Å². The average molecular weight is 579 g/mol. The quantitative estimate of drug-likeness (QED) is 0.146. The molecule has 1 aliphatic rings. The van der Waals surface area contributed by atoms with Crippen molar-refractivity contribution < 1.29 is 14.2 Å². The minimum absolute atomic E-state index is 0.243. The number of rotatable bonds is 17. The van der Waals surface area contributed by atoms with Crippen LogP contribution >= 0.6 is 23.5 Å². The van der Waals surface area contributed by atoms with Crippen LogP contribution < -0.4 is 16.2 Å². The molecule has 5 nitrogen and oxygen atoms in total. The lowest BCUT2D eigenvalue weighted by Crippen LogP contribution is -2.47. The van der Waals surface area contributed by atoms with Gasteiger partial charge in [0.05, 0.1) is 26.4 Å². The summed E-state index contributed by atoms with van der Waals surface area (Å²) in [5.41, 5.74) is 17.6. The van der Waals surface area contributed by atoms with Crippen molar-refractivity contribution in [1.29, 1.82) is 0 Å². The van der Waals surface area contributed by atoms with E-state index in [0.717, 1.165) is 66.8 Å². The number of fused-ring (bicyclic) bond motifs is 1. The summed E-state index contributed by atoms with van der Waals surface area (Å²) < 4.78 is 17.9. The third-order valence-electron chi connectivity index (χ3n) is 6.89. The molecule has 0 heterocycles. The minimum atomic E-state index is -0.930. The van der Waals surface area contributed by atoms with Crippen LogP contribution in [-0.4, -0.2) is 56.0 Å². The highest BCUT2D eigenvalue weighted by Gasteiger charge is 2.26. The summed E-state index contributed by atoms with van der Waals surface area (Å²) >= 11 is 3.67. The number of benzene rings is 3. The van der Waals surface area contributed by atoms with E-state index in [0.29, 0.717) is 13.2 Å². The van der Waals surface area contributed by atoms with E-state index in [4.69, 9.17) is 25.7 Å². The lowest BCUT2D eigenvalue weighted by atomic mass is 9.99. The molecule has 0 saturated carbocycles. The van der Waals surface area contributed by atoms with Crippen molar-refractivity contribution in [1.82, 2.24) is 0 Å². The lowest BCUT2D eigenvalue weighted by molar-refractivity contribution is -0.0308. The molecule has 0 radical (unpaired) electrons. The van der Waals surface area contributed by atoms with Crippen LogP contribution in [-0.2, 0) is 21.6 Å². The molecule has 0 bridgehead atoms. The van der Waals surface area contributed by atoms with E-state index in [1.165, 1.54) is 22.3 Å². The number of para-hydroxylation sites is 1. The Labute approximate surface area is 248 Å². The fraction of sp³-hybridized carbons (Fsp3) is 0.394. The fourth-order valence-corrected chi connectivity index (χ4v) is 6.00. The Morgan fingerprint density at radius 3 is 2.20 bits per heavy atom. The molecular weight excluding hydrogens is 537 g/mol. The molecule has 0 saturated heterocycles. The topological polar surface area (TPSA) is 79.7 Å². The zero-order chi connectivity index (χ0) is 27.9. The zero-order valence-electron chi connectivity index (χ0n) is 23.3. The summed E-state index contributed by atoms with van der Waals surface area (Å²) in [7, 11) is 0. The third-order valence-corrected chi connectivity index (χ3v) is 8.71. The molecule has 1 unspecified atom stereocenters. The number of aryl methyl sites for hydroxylation is 1. The van der Waals surface area contributed by atoms with E-state index in [9.17, 15) is 0 Å². The Balaban J connectivity index is 1.06. The van der Waals surface area contributed by atoms with Crippen molar-refractivity contribution in [2.24, 2.45) is 11.5 Å². The second-order valence-electron chi connectivity index (χ2n) is 9.71. The minimum Gasteiger partial charge on any atom is -0.492 e. The Morgan fingerprint density at radius 2 is 1.40 bits per heavy atom. The van der Waals surface area contributed by atoms with Crippen LogP contribution in [0, 0.1) is 0 Å². The first kappa shape index (κ1) is 30.7. The molecule has 3 aromatic carbocycles. The summed E-state index contributed by atoms with van der Waals surface area (Å²) in [5, 5.41) is 0. The van der Waals surface area contributed by atoms with Gasteiger partial charge in [-0.15, -0.1) is 0 Å². The predicted molar refractivity (Wildman–Crippen MR) is 172 cm³/mol. The zero-order valence-corrected chi connectivity index (χ0v) is 24.9. The summed E-state index contributed by atoms with van der Waals surface area (Å²) in [6.07, 6.45) is 5.71. The number of hydrogen-bond acceptors (Lipinski definition) is 7. The van der Waals surface area contributed by atoms with Gasteiger partial charge in [0.15, 0.2) is 5.72 Å². The smallest absolute Gasteiger partial charge is 0.155 e. The predicted octanol–water partition coefficient (Wildman–Crippen LogP) is 6.21. The molecule has 1 atom stereocenters. The summed E-state index contributed by atoms with van der Waals surface area (Å²) in [6.45, 7) is 2.97. The van der Waals surface area contributed by atoms with Gasteiger partial charge in [-0.2, -0.15) is 23.5 Å². The van der Waals surface area contributed by atoms with Crippen molar-refractivity contribution >= 4 is 35.2 Å². The lowest BCUT2D eigenvalue weighted by Gasteiger charge is -2.28. The largest absolute Gasteiger partial charge is 0.492 e. The highest BCUT2D eigenvalue weighted by atomic mass is 32.2. The standard InChI is InChI=1S/C33H42N2O3S2/c34-26-33(35,30-13-2-1-3-14-30)38-20-24-40-22-18-36-17-21-39-23-19-37-32-16-7-6-15-31(32)29-12-8-11-27-9-4-5-10-28(27)25-29/h1-7,9-10,13-16,25H,8,11-12,17-24,26,34-35H2. The number of hydrogen-bond donors (Lipinski definition) is 2. The van der Waals surface area contributed by atoms with Crippen LogP contribution in [0.5, 0.6) is 5.75 Å². The molecular formula is C33H42N2O3S2. The maximum absolute atomic E-state index is 6.35. The maximum Gasteiger partial charge on any atom is 0.155 e. The molecule has 1 aliphatic carbocycles. The first-order valence-electron chi connectivity index (χ1n) is 14.1. The molecule has 7 heteroatoms. The van der Waals surface area contributed by atoms with Gasteiger partial charge in [-0.1, -0.05) is 78.9 Å². The van der Waals surface area contributed by atoms with Crippen molar-refractivity contribution in [3.63, 3.8) is 0 Å². The second-order valence-corrected chi connectivity index (χ2v) is 12.2. The van der Waals surface area contributed by atoms with Crippen LogP contribution in [0.15, 0.2) is 78.9 Å². The molecule has 0 spiro atoms. The van der Waals surface area contributed by atoms with E-state index in [-0.39, 0.29) is 6.54 Å². The van der Waals surface area contributed by atoms with E-state index < -0.39 is 5.72 Å². The van der Waals surface area contributed by atoms with Crippen molar-refractivity contribution in [2.45, 2.75) is 25.0 Å². The Kier molecular flexibility index (Phi) is 12.9. The summed E-state index contributed by atoms with van der Waals surface area (Å²) in [5.74, 6) is 4.67. The van der Waals surface area contributed by atoms with Crippen LogP contribution in [0.4, 0.5) is 0 Å². The van der Waals surface area contributed by atoms with Crippen LogP contribution in [0.1, 0.15) is 35.1 Å². The van der Waals surface area contributed by atoms with Crippen molar-refractivity contribution in [3.05, 3.63) is 101 Å². The van der Waals surface area contributed by atoms with Gasteiger partial charge in [0.2, 0.25) is 0 Å². The number of allylic oxidation sites excluding steroid dienone is 1. The van der Waals surface area contributed by atoms with Crippen LogP contribution in [0.2, 0.25) is 0 Å². The highest BCUT2D eigenvalue weighted by Crippen LogP contribution is 2.34. The van der Waals surface area contributed by atoms with Crippen molar-refractivity contribution in [3.8, 4) is 5.75 Å². The fourth-order valence-electron chi connectivity index (χ4n) is 4.72. The van der Waals surface area contributed by atoms with Gasteiger partial charge >= 0.3 is 0 Å². The first-order chi connectivity index (χ1) is 19.7. The molecule has 0 aromatic heterocycles. The van der Waals surface area contributed by atoms with E-state index >= 15 is 0 Å². The highest BCUT2D eigenvalue weighted by molar-refractivity contribution is 7.99. The number of ether oxygens (including phenoxy) is 3. The monoisotopic (exact) mass is 578 g/mol. The van der Waals surface area contributed by atoms with Gasteiger partial charge < -0.3 is 19.9 Å². The third kappa shape index (κ3) is 9.40. The van der Waals surface area contributed by atoms with Gasteiger partial charge in [-0.3, -0.25) is 5.73 Å². The van der Waals surface area contributed by atoms with Crippen molar-refractivity contribution in [2.75, 3.05) is 56.0 Å². The van der Waals surface area contributed by atoms with Gasteiger partial charge in [-0.25, -0.2) is 0 Å². The normalized spacial score (nSPS) is 14.6. The maximum atomic E-state index is 6.35. The van der Waals surface area contributed by atoms with Gasteiger partial charge in [0.25, 0.3) is 0 Å². The van der Waals surface area contributed by atoms with Crippen LogP contribution in [0.3, 0.4) is 0 Å². The molecule has 3 aromatic rings. The first-order valence-corrected chi connectivity index (χ1v) is 16.4. The Morgan fingerprint density at radius 1 is 0.725 bits per heavy atom. The Hall–Kier alpha value is -2.26. The molecule has 214 valence electrons. The van der Waals surface area contributed by atoms with Crippen LogP contribution in [0.25, 0.3) is 11.6 Å². The number of thioether (sulfide) groups is 2. The second kappa shape index (κ2) is 16.9. The molecule has 0 fully saturated rings. The van der Waals surface area contributed by atoms with E-state index in [1.807, 2.05) is 42.1 Å². The Bertz CT molecular complexity index is 1190. The summed E-state index contributed by atoms with van der Waals surface area (Å²) in [6, 6.07) is 26.9. The molecule has 0 amide bonds. The summed E-state index contributed by atoms with van der Waals surface area (Å²) in [4.78, 5) is 0. The molecule has 40 heavy (non-hydrogen) atoms. The molecule has 4 rings (SSSR count).